The molecule has 7 heteroatoms. The monoisotopic (exact) mass is 368 g/mol. The minimum Gasteiger partial charge on any atom is -0.493 e. The predicted molar refractivity (Wildman–Crippen MR) is 97.1 cm³/mol. The van der Waals surface area contributed by atoms with Gasteiger partial charge in [-0.15, -0.1) is 0 Å². The van der Waals surface area contributed by atoms with Gasteiger partial charge in [-0.1, -0.05) is 13.8 Å². The number of piperidine rings is 1. The molecular weight excluding hydrogens is 340 g/mol. The van der Waals surface area contributed by atoms with Crippen LogP contribution in [0.3, 0.4) is 0 Å². The van der Waals surface area contributed by atoms with Crippen molar-refractivity contribution in [3.05, 3.63) is 23.3 Å². The summed E-state index contributed by atoms with van der Waals surface area (Å²) in [5.41, 5.74) is 2.12. The minimum atomic E-state index is -3.43. The van der Waals surface area contributed by atoms with E-state index in [0.717, 1.165) is 17.5 Å². The molecule has 1 saturated heterocycles. The van der Waals surface area contributed by atoms with Crippen molar-refractivity contribution < 1.29 is 17.9 Å². The van der Waals surface area contributed by atoms with Crippen LogP contribution < -0.4 is 9.47 Å². The molecule has 6 nitrogen and oxygen atoms in total. The molecule has 2 atom stereocenters. The zero-order valence-corrected chi connectivity index (χ0v) is 16.3. The molecule has 25 heavy (non-hydrogen) atoms. The Hall–Kier alpha value is -1.31. The third-order valence-electron chi connectivity index (χ3n) is 5.17. The van der Waals surface area contributed by atoms with Crippen molar-refractivity contribution in [2.75, 3.05) is 33.9 Å². The second-order valence-corrected chi connectivity index (χ2v) is 9.26. The van der Waals surface area contributed by atoms with E-state index in [-0.39, 0.29) is 0 Å². The average Bonchev–Trinajstić information content (AvgIpc) is 2.59. The first kappa shape index (κ1) is 18.5. The molecule has 0 N–H and O–H groups in total. The van der Waals surface area contributed by atoms with Crippen LogP contribution in [0.4, 0.5) is 0 Å². The summed E-state index contributed by atoms with van der Waals surface area (Å²) in [6.45, 7) is 6.37. The van der Waals surface area contributed by atoms with Gasteiger partial charge < -0.3 is 9.47 Å². The van der Waals surface area contributed by atoms with Crippen molar-refractivity contribution in [1.82, 2.24) is 8.61 Å². The molecule has 2 heterocycles. The van der Waals surface area contributed by atoms with Gasteiger partial charge in [-0.25, -0.2) is 0 Å². The first-order valence-electron chi connectivity index (χ1n) is 8.84. The predicted octanol–water partition coefficient (Wildman–Crippen LogP) is 2.28. The molecule has 0 amide bonds. The Morgan fingerprint density at radius 1 is 0.960 bits per heavy atom. The van der Waals surface area contributed by atoms with Crippen LogP contribution in [-0.4, -0.2) is 50.9 Å². The van der Waals surface area contributed by atoms with Crippen molar-refractivity contribution in [3.8, 4) is 11.5 Å². The third-order valence-corrected chi connectivity index (χ3v) is 7.09. The van der Waals surface area contributed by atoms with Gasteiger partial charge in [-0.05, 0) is 47.9 Å². The highest BCUT2D eigenvalue weighted by Crippen LogP contribution is 2.34. The summed E-state index contributed by atoms with van der Waals surface area (Å²) in [5, 5.41) is 0. The molecule has 0 spiro atoms. The molecule has 2 aliphatic heterocycles. The number of ether oxygens (including phenoxy) is 2. The molecule has 3 rings (SSSR count). The molecule has 0 saturated carbocycles. The van der Waals surface area contributed by atoms with Crippen LogP contribution in [0.15, 0.2) is 12.1 Å². The minimum absolute atomic E-state index is 0.386. The Bertz CT molecular complexity index is 725. The number of hydrogen-bond donors (Lipinski definition) is 0. The first-order chi connectivity index (χ1) is 11.8. The zero-order chi connectivity index (χ0) is 18.2. The Morgan fingerprint density at radius 2 is 1.52 bits per heavy atom. The lowest BCUT2D eigenvalue weighted by Crippen LogP contribution is -2.50. The molecule has 140 valence electrons. The van der Waals surface area contributed by atoms with Gasteiger partial charge in [0.05, 0.1) is 14.2 Å². The highest BCUT2D eigenvalue weighted by atomic mass is 32.2. The van der Waals surface area contributed by atoms with Gasteiger partial charge in [0.2, 0.25) is 0 Å². The van der Waals surface area contributed by atoms with Gasteiger partial charge in [0.25, 0.3) is 10.2 Å². The number of methoxy groups -OCH3 is 2. The topological polar surface area (TPSA) is 59.1 Å². The lowest BCUT2D eigenvalue weighted by molar-refractivity contribution is 0.206. The van der Waals surface area contributed by atoms with E-state index >= 15 is 0 Å². The Morgan fingerprint density at radius 3 is 2.08 bits per heavy atom. The van der Waals surface area contributed by atoms with Gasteiger partial charge in [0, 0.05) is 26.2 Å². The average molecular weight is 368 g/mol. The summed E-state index contributed by atoms with van der Waals surface area (Å²) in [6.07, 6.45) is 1.78. The van der Waals surface area contributed by atoms with E-state index < -0.39 is 10.2 Å². The van der Waals surface area contributed by atoms with Gasteiger partial charge in [-0.3, -0.25) is 0 Å². The summed E-state index contributed by atoms with van der Waals surface area (Å²) >= 11 is 0. The molecule has 0 bridgehead atoms. The van der Waals surface area contributed by atoms with Gasteiger partial charge in [-0.2, -0.15) is 17.0 Å². The molecule has 0 radical (unpaired) electrons. The second-order valence-electron chi connectivity index (χ2n) is 7.33. The fourth-order valence-corrected chi connectivity index (χ4v) is 5.85. The lowest BCUT2D eigenvalue weighted by Gasteiger charge is -2.38. The van der Waals surface area contributed by atoms with Gasteiger partial charge in [0.15, 0.2) is 11.5 Å². The molecule has 1 fully saturated rings. The van der Waals surface area contributed by atoms with Gasteiger partial charge >= 0.3 is 0 Å². The number of rotatable bonds is 4. The SMILES string of the molecule is COc1cc2c(cc1OC)CN(S(=O)(=O)N1CC(C)CC(C)C1)CC2. The summed E-state index contributed by atoms with van der Waals surface area (Å²) in [5.74, 6) is 2.14. The fraction of sp³-hybridized carbons (Fsp3) is 0.667. The van der Waals surface area contributed by atoms with Crippen molar-refractivity contribution in [2.45, 2.75) is 33.2 Å². The van der Waals surface area contributed by atoms with E-state index in [0.29, 0.717) is 55.9 Å². The summed E-state index contributed by atoms with van der Waals surface area (Å²) < 4.78 is 40.2. The van der Waals surface area contributed by atoms with Crippen molar-refractivity contribution >= 4 is 10.2 Å². The summed E-state index contributed by atoms with van der Waals surface area (Å²) in [6, 6.07) is 3.86. The van der Waals surface area contributed by atoms with E-state index in [1.54, 1.807) is 22.8 Å². The van der Waals surface area contributed by atoms with E-state index in [2.05, 4.69) is 13.8 Å². The Kier molecular flexibility index (Phi) is 5.27. The highest BCUT2D eigenvalue weighted by molar-refractivity contribution is 7.86. The standard InChI is InChI=1S/C18H28N2O4S/c1-13-7-14(2)11-20(10-13)25(21,22)19-6-5-15-8-17(23-3)18(24-4)9-16(15)12-19/h8-9,13-14H,5-7,10-12H2,1-4H3. The van der Waals surface area contributed by atoms with Crippen molar-refractivity contribution in [3.63, 3.8) is 0 Å². The molecular formula is C18H28N2O4S. The molecule has 1 aromatic rings. The molecule has 2 unspecified atom stereocenters. The normalized spacial score (nSPS) is 25.4. The summed E-state index contributed by atoms with van der Waals surface area (Å²) in [4.78, 5) is 0. The molecule has 0 aromatic heterocycles. The summed E-state index contributed by atoms with van der Waals surface area (Å²) in [7, 11) is -0.225. The number of nitrogens with zero attached hydrogens (tertiary/aromatic N) is 2. The molecule has 2 aliphatic rings. The second kappa shape index (κ2) is 7.13. The lowest BCUT2D eigenvalue weighted by atomic mass is 9.94. The Balaban J connectivity index is 1.84. The largest absolute Gasteiger partial charge is 0.493 e. The number of hydrogen-bond acceptors (Lipinski definition) is 4. The van der Waals surface area contributed by atoms with E-state index in [4.69, 9.17) is 9.47 Å². The quantitative estimate of drug-likeness (QED) is 0.818. The maximum atomic E-state index is 13.1. The van der Waals surface area contributed by atoms with Crippen molar-refractivity contribution in [1.29, 1.82) is 0 Å². The van der Waals surface area contributed by atoms with Crippen LogP contribution in [0.5, 0.6) is 11.5 Å². The zero-order valence-electron chi connectivity index (χ0n) is 15.5. The highest BCUT2D eigenvalue weighted by Gasteiger charge is 2.36. The van der Waals surface area contributed by atoms with Crippen LogP contribution >= 0.6 is 0 Å². The van der Waals surface area contributed by atoms with Crippen LogP contribution in [0, 0.1) is 11.8 Å². The van der Waals surface area contributed by atoms with Crippen molar-refractivity contribution in [2.24, 2.45) is 11.8 Å². The van der Waals surface area contributed by atoms with E-state index in [9.17, 15) is 8.42 Å². The van der Waals surface area contributed by atoms with E-state index in [1.807, 2.05) is 12.1 Å². The Labute approximate surface area is 150 Å². The molecule has 0 aliphatic carbocycles. The van der Waals surface area contributed by atoms with Crippen LogP contribution in [0.1, 0.15) is 31.4 Å². The number of fused-ring (bicyclic) bond motifs is 1. The molecule has 1 aromatic carbocycles. The van der Waals surface area contributed by atoms with Crippen LogP contribution in [0.25, 0.3) is 0 Å². The van der Waals surface area contributed by atoms with E-state index in [1.165, 1.54) is 0 Å². The smallest absolute Gasteiger partial charge is 0.282 e. The fourth-order valence-electron chi connectivity index (χ4n) is 4.01. The third kappa shape index (κ3) is 3.64. The maximum absolute atomic E-state index is 13.1. The maximum Gasteiger partial charge on any atom is 0.282 e. The first-order valence-corrected chi connectivity index (χ1v) is 10.2. The van der Waals surface area contributed by atoms with Crippen LogP contribution in [0.2, 0.25) is 0 Å². The van der Waals surface area contributed by atoms with Crippen LogP contribution in [-0.2, 0) is 23.2 Å². The number of benzene rings is 1. The van der Waals surface area contributed by atoms with Gasteiger partial charge in [0.1, 0.15) is 0 Å².